The van der Waals surface area contributed by atoms with Gasteiger partial charge in [-0.2, -0.15) is 0 Å². The summed E-state index contributed by atoms with van der Waals surface area (Å²) in [4.78, 5) is 4.59. The van der Waals surface area contributed by atoms with E-state index in [0.29, 0.717) is 5.56 Å². The maximum atomic E-state index is 13.8. The van der Waals surface area contributed by atoms with E-state index in [1.807, 2.05) is 12.1 Å². The van der Waals surface area contributed by atoms with Crippen LogP contribution in [0.4, 0.5) is 15.8 Å². The zero-order valence-corrected chi connectivity index (χ0v) is 12.0. The summed E-state index contributed by atoms with van der Waals surface area (Å²) >= 11 is 0. The molecule has 1 saturated heterocycles. The standard InChI is InChI=1S/C17H20FN3/c18-16-7-4-8-17(15(16)13-19)21-11-9-20(10-12-21)14-5-2-1-3-6-14/h1-8H,9-13,19H2. The van der Waals surface area contributed by atoms with Crippen molar-refractivity contribution in [3.05, 3.63) is 59.9 Å². The molecule has 0 spiro atoms. The van der Waals surface area contributed by atoms with Crippen molar-refractivity contribution in [3.8, 4) is 0 Å². The predicted molar refractivity (Wildman–Crippen MR) is 85.2 cm³/mol. The number of halogens is 1. The summed E-state index contributed by atoms with van der Waals surface area (Å²) in [6, 6.07) is 15.6. The lowest BCUT2D eigenvalue weighted by Gasteiger charge is -2.38. The molecule has 1 fully saturated rings. The van der Waals surface area contributed by atoms with Gasteiger partial charge >= 0.3 is 0 Å². The van der Waals surface area contributed by atoms with Crippen molar-refractivity contribution < 1.29 is 4.39 Å². The molecule has 21 heavy (non-hydrogen) atoms. The fraction of sp³-hybridized carbons (Fsp3) is 0.294. The second-order valence-corrected chi connectivity index (χ2v) is 5.25. The van der Waals surface area contributed by atoms with Crippen molar-refractivity contribution in [1.82, 2.24) is 0 Å². The monoisotopic (exact) mass is 285 g/mol. The number of anilines is 2. The third-order valence-corrected chi connectivity index (χ3v) is 4.04. The summed E-state index contributed by atoms with van der Waals surface area (Å²) in [6.45, 7) is 3.87. The Morgan fingerprint density at radius 1 is 0.857 bits per heavy atom. The van der Waals surface area contributed by atoms with Gasteiger partial charge in [-0.15, -0.1) is 0 Å². The van der Waals surface area contributed by atoms with E-state index in [1.54, 1.807) is 6.07 Å². The van der Waals surface area contributed by atoms with Gasteiger partial charge in [-0.3, -0.25) is 0 Å². The Morgan fingerprint density at radius 2 is 1.52 bits per heavy atom. The molecule has 2 N–H and O–H groups in total. The largest absolute Gasteiger partial charge is 0.368 e. The molecule has 0 aromatic heterocycles. The van der Waals surface area contributed by atoms with Crippen LogP contribution in [0.1, 0.15) is 5.56 Å². The van der Waals surface area contributed by atoms with Gasteiger partial charge in [0.05, 0.1) is 0 Å². The number of benzene rings is 2. The number of nitrogens with zero attached hydrogens (tertiary/aromatic N) is 2. The van der Waals surface area contributed by atoms with Crippen molar-refractivity contribution in [3.63, 3.8) is 0 Å². The highest BCUT2D eigenvalue weighted by atomic mass is 19.1. The van der Waals surface area contributed by atoms with Gasteiger partial charge in [0, 0.05) is 49.7 Å². The van der Waals surface area contributed by atoms with Crippen LogP contribution in [0.25, 0.3) is 0 Å². The molecule has 2 aromatic carbocycles. The average molecular weight is 285 g/mol. The fourth-order valence-corrected chi connectivity index (χ4v) is 2.89. The summed E-state index contributed by atoms with van der Waals surface area (Å²) in [5.74, 6) is -0.208. The Bertz CT molecular complexity index is 592. The first kappa shape index (κ1) is 13.9. The fourth-order valence-electron chi connectivity index (χ4n) is 2.89. The van der Waals surface area contributed by atoms with E-state index in [1.165, 1.54) is 11.8 Å². The maximum Gasteiger partial charge on any atom is 0.129 e. The molecular weight excluding hydrogens is 265 g/mol. The molecule has 0 saturated carbocycles. The predicted octanol–water partition coefficient (Wildman–Crippen LogP) is 2.61. The molecule has 110 valence electrons. The van der Waals surface area contributed by atoms with Gasteiger partial charge in [0.1, 0.15) is 5.82 Å². The number of hydrogen-bond acceptors (Lipinski definition) is 3. The van der Waals surface area contributed by atoms with E-state index in [-0.39, 0.29) is 12.4 Å². The topological polar surface area (TPSA) is 32.5 Å². The van der Waals surface area contributed by atoms with Crippen LogP contribution in [0.3, 0.4) is 0 Å². The van der Waals surface area contributed by atoms with E-state index in [4.69, 9.17) is 5.73 Å². The lowest BCUT2D eigenvalue weighted by atomic mass is 10.1. The van der Waals surface area contributed by atoms with E-state index >= 15 is 0 Å². The molecule has 0 radical (unpaired) electrons. The summed E-state index contributed by atoms with van der Waals surface area (Å²) < 4.78 is 13.8. The molecule has 1 heterocycles. The number of hydrogen-bond donors (Lipinski definition) is 1. The third-order valence-electron chi connectivity index (χ3n) is 4.04. The Hall–Kier alpha value is -2.07. The van der Waals surface area contributed by atoms with Gasteiger partial charge in [0.15, 0.2) is 0 Å². The van der Waals surface area contributed by atoms with E-state index in [9.17, 15) is 4.39 Å². The molecule has 0 bridgehead atoms. The van der Waals surface area contributed by atoms with Gasteiger partial charge in [0.25, 0.3) is 0 Å². The molecule has 0 aliphatic carbocycles. The highest BCUT2D eigenvalue weighted by molar-refractivity contribution is 5.56. The summed E-state index contributed by atoms with van der Waals surface area (Å²) in [6.07, 6.45) is 0. The summed E-state index contributed by atoms with van der Waals surface area (Å²) in [5.41, 5.74) is 8.50. The van der Waals surface area contributed by atoms with Crippen LogP contribution < -0.4 is 15.5 Å². The van der Waals surface area contributed by atoms with Crippen molar-refractivity contribution in [2.75, 3.05) is 36.0 Å². The van der Waals surface area contributed by atoms with E-state index in [2.05, 4.69) is 34.1 Å². The van der Waals surface area contributed by atoms with Crippen molar-refractivity contribution >= 4 is 11.4 Å². The zero-order chi connectivity index (χ0) is 14.7. The maximum absolute atomic E-state index is 13.8. The SMILES string of the molecule is NCc1c(F)cccc1N1CCN(c2ccccc2)CC1. The van der Waals surface area contributed by atoms with Crippen LogP contribution in [0.5, 0.6) is 0 Å². The molecule has 3 nitrogen and oxygen atoms in total. The minimum Gasteiger partial charge on any atom is -0.368 e. The molecule has 0 atom stereocenters. The first-order valence-corrected chi connectivity index (χ1v) is 7.32. The summed E-state index contributed by atoms with van der Waals surface area (Å²) in [7, 11) is 0. The molecular formula is C17H20FN3. The quantitative estimate of drug-likeness (QED) is 0.941. The Kier molecular flexibility index (Phi) is 4.06. The van der Waals surface area contributed by atoms with Crippen LogP contribution in [-0.4, -0.2) is 26.2 Å². The Morgan fingerprint density at radius 3 is 2.19 bits per heavy atom. The van der Waals surface area contributed by atoms with Crippen LogP contribution in [0, 0.1) is 5.82 Å². The van der Waals surface area contributed by atoms with Gasteiger partial charge in [-0.25, -0.2) is 4.39 Å². The normalized spacial score (nSPS) is 15.3. The lowest BCUT2D eigenvalue weighted by Crippen LogP contribution is -2.47. The molecule has 0 unspecified atom stereocenters. The second kappa shape index (κ2) is 6.14. The minimum absolute atomic E-state index is 0.208. The molecule has 4 heteroatoms. The molecule has 3 rings (SSSR count). The smallest absolute Gasteiger partial charge is 0.129 e. The highest BCUT2D eigenvalue weighted by Gasteiger charge is 2.20. The van der Waals surface area contributed by atoms with Gasteiger partial charge in [0.2, 0.25) is 0 Å². The number of nitrogens with two attached hydrogens (primary N) is 1. The first-order valence-electron chi connectivity index (χ1n) is 7.32. The van der Waals surface area contributed by atoms with Crippen molar-refractivity contribution in [2.24, 2.45) is 5.73 Å². The first-order chi connectivity index (χ1) is 10.3. The molecule has 0 amide bonds. The third kappa shape index (κ3) is 2.85. The van der Waals surface area contributed by atoms with E-state index < -0.39 is 0 Å². The zero-order valence-electron chi connectivity index (χ0n) is 12.0. The lowest BCUT2D eigenvalue weighted by molar-refractivity contribution is 0.603. The van der Waals surface area contributed by atoms with Crippen molar-refractivity contribution in [2.45, 2.75) is 6.54 Å². The second-order valence-electron chi connectivity index (χ2n) is 5.25. The van der Waals surface area contributed by atoms with Crippen molar-refractivity contribution in [1.29, 1.82) is 0 Å². The van der Waals surface area contributed by atoms with Crippen LogP contribution in [-0.2, 0) is 6.54 Å². The average Bonchev–Trinajstić information content (AvgIpc) is 2.55. The van der Waals surface area contributed by atoms with Gasteiger partial charge in [-0.05, 0) is 24.3 Å². The minimum atomic E-state index is -0.208. The van der Waals surface area contributed by atoms with Crippen LogP contribution in [0.2, 0.25) is 0 Å². The van der Waals surface area contributed by atoms with Crippen LogP contribution >= 0.6 is 0 Å². The van der Waals surface area contributed by atoms with E-state index in [0.717, 1.165) is 31.9 Å². The highest BCUT2D eigenvalue weighted by Crippen LogP contribution is 2.25. The molecule has 1 aliphatic rings. The van der Waals surface area contributed by atoms with Gasteiger partial charge < -0.3 is 15.5 Å². The Balaban J connectivity index is 1.73. The molecule has 1 aliphatic heterocycles. The van der Waals surface area contributed by atoms with Crippen LogP contribution in [0.15, 0.2) is 48.5 Å². The Labute approximate surface area is 124 Å². The summed E-state index contributed by atoms with van der Waals surface area (Å²) in [5, 5.41) is 0. The number of rotatable bonds is 3. The number of piperazine rings is 1. The molecule has 2 aromatic rings. The van der Waals surface area contributed by atoms with Gasteiger partial charge in [-0.1, -0.05) is 24.3 Å². The number of para-hydroxylation sites is 1.